The molecule has 0 amide bonds. The van der Waals surface area contributed by atoms with Crippen molar-refractivity contribution in [3.05, 3.63) is 33.7 Å². The number of aliphatic imine (C=N–C) groups is 4. The van der Waals surface area contributed by atoms with E-state index < -0.39 is 92.9 Å². The second-order valence-electron chi connectivity index (χ2n) is 6.49. The minimum absolute atomic E-state index is 2.19. The van der Waals surface area contributed by atoms with Crippen LogP contribution in [0.25, 0.3) is 11.6 Å². The smallest absolute Gasteiger partial charge is 0.221 e. The molecule has 0 saturated heterocycles. The Kier molecular flexibility index (Phi) is 6.04. The van der Waals surface area contributed by atoms with Gasteiger partial charge in [0.05, 0.1) is 10.4 Å². The van der Waals surface area contributed by atoms with Crippen LogP contribution in [0.3, 0.4) is 0 Å². The lowest BCUT2D eigenvalue weighted by molar-refractivity contribution is -0.0704. The molecule has 0 fully saturated rings. The van der Waals surface area contributed by atoms with Crippen LogP contribution < -0.4 is 10.4 Å². The fraction of sp³-hybridized carbons (Fsp3) is 0.250. The van der Waals surface area contributed by atoms with Crippen molar-refractivity contribution in [1.29, 1.82) is 0 Å². The number of benzene rings is 1. The Labute approximate surface area is 184 Å². The van der Waals surface area contributed by atoms with Gasteiger partial charge < -0.3 is 0 Å². The summed E-state index contributed by atoms with van der Waals surface area (Å²) in [4.78, 5) is 8.84. The number of halogens is 16. The monoisotopic (exact) mass is 552 g/mol. The Morgan fingerprint density at radius 3 is 0.639 bits per heavy atom. The van der Waals surface area contributed by atoms with Crippen molar-refractivity contribution in [3.63, 3.8) is 0 Å². The van der Waals surface area contributed by atoms with E-state index in [0.29, 0.717) is 0 Å². The standard InChI is InChI=1S/C16F16N4/c17-3-1(11-33-7(13(21,22)23)8(34-11)14(24,25)26)4(18)6(20)2(5(3)19)12-35-9(15(27,28)29)10(36-12)16(30,31)32. The third-order valence-electron chi connectivity index (χ3n) is 4.10. The lowest BCUT2D eigenvalue weighted by atomic mass is 10.2. The second-order valence-corrected chi connectivity index (χ2v) is 6.49. The van der Waals surface area contributed by atoms with Crippen LogP contribution in [-0.2, 0) is 0 Å². The van der Waals surface area contributed by atoms with Gasteiger partial charge in [-0.15, -0.1) is 0 Å². The summed E-state index contributed by atoms with van der Waals surface area (Å²) in [5.74, 6) is -15.9. The van der Waals surface area contributed by atoms with E-state index in [1.807, 2.05) is 0 Å². The van der Waals surface area contributed by atoms with E-state index in [1.165, 1.54) is 0 Å². The molecule has 1 aromatic rings. The van der Waals surface area contributed by atoms with Crippen molar-refractivity contribution in [3.8, 4) is 0 Å². The summed E-state index contributed by atoms with van der Waals surface area (Å²) < 4.78 is 212. The van der Waals surface area contributed by atoms with Gasteiger partial charge in [0.1, 0.15) is 0 Å². The van der Waals surface area contributed by atoms with Gasteiger partial charge in [0.2, 0.25) is 0 Å². The van der Waals surface area contributed by atoms with Gasteiger partial charge in [-0.05, 0) is 0 Å². The number of rotatable bonds is 0. The zero-order chi connectivity index (χ0) is 27.8. The highest BCUT2D eigenvalue weighted by Crippen LogP contribution is 2.34. The first-order chi connectivity index (χ1) is 16.1. The van der Waals surface area contributed by atoms with E-state index in [0.717, 1.165) is 0 Å². The molecule has 4 nitrogen and oxygen atoms in total. The Bertz CT molecular complexity index is 1190. The summed E-state index contributed by atoms with van der Waals surface area (Å²) in [6, 6.07) is 0. The van der Waals surface area contributed by atoms with Crippen LogP contribution in [0.15, 0.2) is 20.0 Å². The van der Waals surface area contributed by atoms with Crippen molar-refractivity contribution >= 4 is 34.5 Å². The maximum Gasteiger partial charge on any atom is 0.435 e. The molecule has 0 unspecified atom stereocenters. The molecule has 0 bridgehead atoms. The molecular weight excluding hydrogens is 552 g/mol. The van der Waals surface area contributed by atoms with Crippen molar-refractivity contribution in [2.24, 2.45) is 20.0 Å². The first-order valence-corrected chi connectivity index (χ1v) is 8.31. The molecular formula is C16F16N4. The first-order valence-electron chi connectivity index (χ1n) is 8.31. The van der Waals surface area contributed by atoms with Crippen molar-refractivity contribution in [2.45, 2.75) is 24.7 Å². The predicted octanol–water partition coefficient (Wildman–Crippen LogP) is 4.41. The summed E-state index contributed by atoms with van der Waals surface area (Å²) in [5, 5.41) is -4.76. The fourth-order valence-electron chi connectivity index (χ4n) is 2.72. The molecule has 20 heteroatoms. The van der Waals surface area contributed by atoms with Gasteiger partial charge in [0.25, 0.3) is 0 Å². The quantitative estimate of drug-likeness (QED) is 0.339. The van der Waals surface area contributed by atoms with Gasteiger partial charge in [-0.3, -0.25) is 0 Å². The Morgan fingerprint density at radius 2 is 0.500 bits per heavy atom. The molecule has 196 valence electrons. The van der Waals surface area contributed by atoms with E-state index in [-0.39, 0.29) is 0 Å². The van der Waals surface area contributed by atoms with E-state index in [1.54, 1.807) is 0 Å². The summed E-state index contributed by atoms with van der Waals surface area (Å²) in [6.07, 6.45) is -23.8. The van der Waals surface area contributed by atoms with Gasteiger partial charge in [0.15, 0.2) is 57.8 Å². The maximum absolute atomic E-state index is 14.5. The highest BCUT2D eigenvalue weighted by atomic mass is 19.4. The zero-order valence-electron chi connectivity index (χ0n) is 15.8. The van der Waals surface area contributed by atoms with Crippen LogP contribution in [0.1, 0.15) is 0 Å². The molecule has 2 heterocycles. The molecule has 2 aliphatic heterocycles. The molecule has 0 atom stereocenters. The molecule has 2 aliphatic rings. The Hall–Kier alpha value is -3.48. The van der Waals surface area contributed by atoms with Crippen LogP contribution in [0.2, 0.25) is 0 Å². The molecule has 36 heavy (non-hydrogen) atoms. The van der Waals surface area contributed by atoms with Crippen LogP contribution >= 0.6 is 0 Å². The van der Waals surface area contributed by atoms with Gasteiger partial charge in [-0.2, -0.15) is 52.7 Å². The summed E-state index contributed by atoms with van der Waals surface area (Å²) in [6.45, 7) is 0. The Morgan fingerprint density at radius 1 is 0.333 bits per heavy atom. The number of hydrogen-bond acceptors (Lipinski definition) is 4. The van der Waals surface area contributed by atoms with E-state index >= 15 is 0 Å². The van der Waals surface area contributed by atoms with E-state index in [2.05, 4.69) is 20.0 Å². The van der Waals surface area contributed by atoms with Crippen molar-refractivity contribution < 1.29 is 70.2 Å². The molecule has 0 aromatic heterocycles. The minimum Gasteiger partial charge on any atom is -0.221 e. The largest absolute Gasteiger partial charge is 0.435 e. The van der Waals surface area contributed by atoms with E-state index in [9.17, 15) is 70.2 Å². The third-order valence-corrected chi connectivity index (χ3v) is 4.10. The number of hydrogen-bond donors (Lipinski definition) is 0. The van der Waals surface area contributed by atoms with Crippen LogP contribution in [-0.4, -0.2) is 47.6 Å². The number of alkyl halides is 12. The number of nitrogens with zero attached hydrogens (tertiary/aromatic N) is 4. The van der Waals surface area contributed by atoms with Gasteiger partial charge in [-0.25, -0.2) is 37.5 Å². The lowest BCUT2D eigenvalue weighted by Gasteiger charge is -2.10. The molecule has 0 saturated carbocycles. The van der Waals surface area contributed by atoms with E-state index in [4.69, 9.17) is 0 Å². The van der Waals surface area contributed by atoms with Crippen LogP contribution in [0, 0.1) is 23.3 Å². The Balaban J connectivity index is 2.48. The average molecular weight is 552 g/mol. The molecule has 1 aromatic carbocycles. The van der Waals surface area contributed by atoms with Crippen LogP contribution in [0.4, 0.5) is 70.2 Å². The van der Waals surface area contributed by atoms with Crippen molar-refractivity contribution in [1.82, 2.24) is 0 Å². The van der Waals surface area contributed by atoms with Crippen LogP contribution in [0.5, 0.6) is 0 Å². The van der Waals surface area contributed by atoms with Gasteiger partial charge in [-0.1, -0.05) is 0 Å². The third kappa shape index (κ3) is 4.54. The SMILES string of the molecule is Fc1c(F)c(=C2N=C(C(F)(F)F)C(C(F)(F)F)=N2)c(F)c(F)c1=C1N=C(C(F)(F)F)C(C(F)(F)F)=N1. The summed E-state index contributed by atoms with van der Waals surface area (Å²) >= 11 is 0. The lowest BCUT2D eigenvalue weighted by Crippen LogP contribution is -2.38. The predicted molar refractivity (Wildman–Crippen MR) is 86.3 cm³/mol. The maximum atomic E-state index is 14.5. The normalized spacial score (nSPS) is 17.4. The second kappa shape index (κ2) is 8.02. The average Bonchev–Trinajstić information content (AvgIpc) is 3.31. The highest BCUT2D eigenvalue weighted by Gasteiger charge is 2.53. The molecule has 0 N–H and O–H groups in total. The molecule has 0 spiro atoms. The molecule has 0 aliphatic carbocycles. The van der Waals surface area contributed by atoms with Gasteiger partial charge >= 0.3 is 24.7 Å². The summed E-state index contributed by atoms with van der Waals surface area (Å²) in [7, 11) is 0. The summed E-state index contributed by atoms with van der Waals surface area (Å²) in [5.41, 5.74) is -11.5. The first kappa shape index (κ1) is 27.1. The molecule has 3 rings (SSSR count). The molecule has 0 radical (unpaired) electrons. The minimum atomic E-state index is -5.94. The fourth-order valence-corrected chi connectivity index (χ4v) is 2.72. The zero-order valence-corrected chi connectivity index (χ0v) is 15.8. The van der Waals surface area contributed by atoms with Crippen molar-refractivity contribution in [2.75, 3.05) is 0 Å². The topological polar surface area (TPSA) is 49.4 Å². The van der Waals surface area contributed by atoms with Gasteiger partial charge in [0, 0.05) is 0 Å². The highest BCUT2D eigenvalue weighted by molar-refractivity contribution is 6.49.